The summed E-state index contributed by atoms with van der Waals surface area (Å²) in [5.41, 5.74) is 10.4. The number of rotatable bonds is 6. The second kappa shape index (κ2) is 8.80. The highest BCUT2D eigenvalue weighted by molar-refractivity contribution is 5.91. The molecule has 1 fully saturated rings. The van der Waals surface area contributed by atoms with Crippen LogP contribution in [0.25, 0.3) is 27.8 Å². The molecule has 2 unspecified atom stereocenters. The third kappa shape index (κ3) is 4.35. The largest absolute Gasteiger partial charge is 0.382 e. The fraction of sp³-hybridized carbons (Fsp3) is 0.462. The average Bonchev–Trinajstić information content (AvgIpc) is 3.33. The predicted molar refractivity (Wildman–Crippen MR) is 135 cm³/mol. The zero-order chi connectivity index (χ0) is 23.0. The molecule has 33 heavy (non-hydrogen) atoms. The van der Waals surface area contributed by atoms with E-state index in [4.69, 9.17) is 10.7 Å². The maximum atomic E-state index is 6.38. The van der Waals surface area contributed by atoms with Gasteiger partial charge >= 0.3 is 0 Å². The number of imidazole rings is 1. The molecule has 1 saturated heterocycles. The van der Waals surface area contributed by atoms with Crippen LogP contribution in [0.5, 0.6) is 0 Å². The molecule has 3 aromatic heterocycles. The van der Waals surface area contributed by atoms with Gasteiger partial charge in [0.2, 0.25) is 0 Å². The minimum Gasteiger partial charge on any atom is -0.382 e. The van der Waals surface area contributed by atoms with Crippen LogP contribution in [-0.4, -0.2) is 57.0 Å². The number of aromatic nitrogens is 4. The number of hydrogen-bond acceptors (Lipinski definition) is 5. The van der Waals surface area contributed by atoms with E-state index in [2.05, 4.69) is 69.9 Å². The zero-order valence-corrected chi connectivity index (χ0v) is 19.9. The average molecular weight is 446 g/mol. The van der Waals surface area contributed by atoms with Gasteiger partial charge in [0.25, 0.3) is 0 Å². The van der Waals surface area contributed by atoms with E-state index in [-0.39, 0.29) is 5.54 Å². The summed E-state index contributed by atoms with van der Waals surface area (Å²) in [6, 6.07) is 10.5. The van der Waals surface area contributed by atoms with Crippen LogP contribution in [0.3, 0.4) is 0 Å². The SMILES string of the molecule is CN(C)CCCC1(C)CCC(c2nc(-c3cc4ccccc4[nH]3)c3c(N)nccn23)CCN1. The second-order valence-electron chi connectivity index (χ2n) is 10.0. The third-order valence-electron chi connectivity index (χ3n) is 7.18. The van der Waals surface area contributed by atoms with Crippen LogP contribution in [0.2, 0.25) is 0 Å². The van der Waals surface area contributed by atoms with E-state index in [0.717, 1.165) is 60.6 Å². The molecule has 0 amide bonds. The number of nitrogen functional groups attached to an aromatic ring is 1. The van der Waals surface area contributed by atoms with Gasteiger partial charge in [-0.3, -0.25) is 4.40 Å². The first kappa shape index (κ1) is 21.9. The molecular weight excluding hydrogens is 410 g/mol. The van der Waals surface area contributed by atoms with Crippen LogP contribution in [0, 0.1) is 0 Å². The number of benzene rings is 1. The van der Waals surface area contributed by atoms with Crippen LogP contribution in [0.4, 0.5) is 5.82 Å². The number of aromatic amines is 1. The Morgan fingerprint density at radius 2 is 2.09 bits per heavy atom. The van der Waals surface area contributed by atoms with E-state index in [1.165, 1.54) is 18.2 Å². The van der Waals surface area contributed by atoms with Gasteiger partial charge in [0.05, 0.1) is 5.69 Å². The molecule has 0 bridgehead atoms. The van der Waals surface area contributed by atoms with E-state index in [1.54, 1.807) is 6.20 Å². The molecule has 1 aliphatic heterocycles. The summed E-state index contributed by atoms with van der Waals surface area (Å²) in [6.07, 6.45) is 9.51. The lowest BCUT2D eigenvalue weighted by Gasteiger charge is -2.30. The van der Waals surface area contributed by atoms with E-state index in [1.807, 2.05) is 12.3 Å². The summed E-state index contributed by atoms with van der Waals surface area (Å²) in [7, 11) is 4.29. The number of fused-ring (bicyclic) bond motifs is 2. The second-order valence-corrected chi connectivity index (χ2v) is 10.0. The Labute approximate surface area is 195 Å². The van der Waals surface area contributed by atoms with Gasteiger partial charge in [-0.25, -0.2) is 9.97 Å². The number of nitrogens with zero attached hydrogens (tertiary/aromatic N) is 4. The Kier molecular flexibility index (Phi) is 5.85. The molecule has 0 spiro atoms. The van der Waals surface area contributed by atoms with Crippen molar-refractivity contribution in [1.29, 1.82) is 0 Å². The van der Waals surface area contributed by atoms with E-state index in [0.29, 0.717) is 11.7 Å². The molecule has 4 heterocycles. The van der Waals surface area contributed by atoms with Crippen molar-refractivity contribution in [3.8, 4) is 11.4 Å². The Bertz CT molecular complexity index is 1220. The van der Waals surface area contributed by atoms with E-state index < -0.39 is 0 Å². The highest BCUT2D eigenvalue weighted by Gasteiger charge is 2.31. The quantitative estimate of drug-likeness (QED) is 0.409. The Balaban J connectivity index is 1.47. The van der Waals surface area contributed by atoms with Gasteiger partial charge in [0.1, 0.15) is 22.9 Å². The number of nitrogens with one attached hydrogen (secondary N) is 2. The summed E-state index contributed by atoms with van der Waals surface area (Å²) in [5, 5.41) is 5.02. The summed E-state index contributed by atoms with van der Waals surface area (Å²) in [5.74, 6) is 1.98. The molecule has 4 N–H and O–H groups in total. The third-order valence-corrected chi connectivity index (χ3v) is 7.18. The summed E-state index contributed by atoms with van der Waals surface area (Å²) in [6.45, 7) is 4.51. The van der Waals surface area contributed by atoms with Crippen molar-refractivity contribution >= 4 is 22.2 Å². The van der Waals surface area contributed by atoms with Gasteiger partial charge in [-0.1, -0.05) is 18.2 Å². The van der Waals surface area contributed by atoms with Crippen LogP contribution >= 0.6 is 0 Å². The smallest absolute Gasteiger partial charge is 0.150 e. The van der Waals surface area contributed by atoms with Crippen molar-refractivity contribution in [2.24, 2.45) is 0 Å². The first-order valence-electron chi connectivity index (χ1n) is 12.0. The van der Waals surface area contributed by atoms with Crippen LogP contribution in [0.15, 0.2) is 42.7 Å². The number of para-hydroxylation sites is 1. The van der Waals surface area contributed by atoms with Gasteiger partial charge in [0, 0.05) is 34.8 Å². The Hall–Kier alpha value is -2.90. The molecule has 2 atom stereocenters. The molecule has 0 aliphatic carbocycles. The van der Waals surface area contributed by atoms with E-state index in [9.17, 15) is 0 Å². The molecule has 174 valence electrons. The fourth-order valence-corrected chi connectivity index (χ4v) is 5.29. The van der Waals surface area contributed by atoms with Crippen molar-refractivity contribution in [2.75, 3.05) is 32.9 Å². The highest BCUT2D eigenvalue weighted by Crippen LogP contribution is 2.36. The van der Waals surface area contributed by atoms with Gasteiger partial charge in [-0.15, -0.1) is 0 Å². The summed E-state index contributed by atoms with van der Waals surface area (Å²) < 4.78 is 2.17. The first-order valence-corrected chi connectivity index (χ1v) is 12.0. The molecule has 4 aromatic rings. The normalized spacial score (nSPS) is 21.8. The zero-order valence-electron chi connectivity index (χ0n) is 19.9. The van der Waals surface area contributed by atoms with Gasteiger partial charge in [-0.05, 0) is 78.3 Å². The van der Waals surface area contributed by atoms with Crippen molar-refractivity contribution < 1.29 is 0 Å². The predicted octanol–water partition coefficient (Wildman–Crippen LogP) is 4.42. The maximum Gasteiger partial charge on any atom is 0.150 e. The summed E-state index contributed by atoms with van der Waals surface area (Å²) in [4.78, 5) is 15.4. The summed E-state index contributed by atoms with van der Waals surface area (Å²) >= 11 is 0. The number of H-pyrrole nitrogens is 1. The molecule has 5 rings (SSSR count). The molecule has 0 saturated carbocycles. The first-order chi connectivity index (χ1) is 15.9. The van der Waals surface area contributed by atoms with Crippen LogP contribution in [0.1, 0.15) is 50.8 Å². The molecule has 1 aromatic carbocycles. The molecule has 7 nitrogen and oxygen atoms in total. The molecule has 7 heteroatoms. The minimum atomic E-state index is 0.179. The van der Waals surface area contributed by atoms with Crippen molar-refractivity contribution in [3.63, 3.8) is 0 Å². The van der Waals surface area contributed by atoms with Crippen molar-refractivity contribution in [1.82, 2.24) is 29.6 Å². The lowest BCUT2D eigenvalue weighted by Crippen LogP contribution is -2.42. The van der Waals surface area contributed by atoms with Gasteiger partial charge in [-0.2, -0.15) is 0 Å². The topological polar surface area (TPSA) is 87.3 Å². The molecule has 1 aliphatic rings. The Morgan fingerprint density at radius 1 is 1.24 bits per heavy atom. The fourth-order valence-electron chi connectivity index (χ4n) is 5.29. The lowest BCUT2D eigenvalue weighted by atomic mass is 9.88. The van der Waals surface area contributed by atoms with Crippen LogP contribution < -0.4 is 11.1 Å². The number of hydrogen-bond donors (Lipinski definition) is 3. The van der Waals surface area contributed by atoms with E-state index >= 15 is 0 Å². The standard InChI is InChI=1S/C26H35N7/c1-26(11-6-15-32(2)3)12-9-18(10-13-29-26)25-31-22(23-24(27)28-14-16-33(23)25)21-17-19-7-4-5-8-20(19)30-21/h4-5,7-8,14,16-18,29-30H,6,9-13,15H2,1-3H3,(H2,27,28). The molecule has 0 radical (unpaired) electrons. The highest BCUT2D eigenvalue weighted by atomic mass is 15.1. The lowest BCUT2D eigenvalue weighted by molar-refractivity contribution is 0.291. The van der Waals surface area contributed by atoms with Gasteiger partial charge < -0.3 is 20.9 Å². The minimum absolute atomic E-state index is 0.179. The molecular formula is C26H35N7. The van der Waals surface area contributed by atoms with Crippen molar-refractivity contribution in [3.05, 3.63) is 48.5 Å². The Morgan fingerprint density at radius 3 is 2.91 bits per heavy atom. The van der Waals surface area contributed by atoms with Crippen LogP contribution in [-0.2, 0) is 0 Å². The van der Waals surface area contributed by atoms with Gasteiger partial charge in [0.15, 0.2) is 0 Å². The number of nitrogens with two attached hydrogens (primary N) is 1. The monoisotopic (exact) mass is 445 g/mol. The van der Waals surface area contributed by atoms with Crippen molar-refractivity contribution in [2.45, 2.75) is 50.5 Å². The number of anilines is 1. The maximum absolute atomic E-state index is 6.38.